The lowest BCUT2D eigenvalue weighted by Gasteiger charge is -2.38. The van der Waals surface area contributed by atoms with Crippen molar-refractivity contribution in [3.63, 3.8) is 0 Å². The largest absolute Gasteiger partial charge is 0.352 e. The molecule has 0 radical (unpaired) electrons. The molecule has 0 bridgehead atoms. The third-order valence-corrected chi connectivity index (χ3v) is 7.48. The van der Waals surface area contributed by atoms with E-state index in [0.29, 0.717) is 12.0 Å². The van der Waals surface area contributed by atoms with Crippen LogP contribution in [-0.2, 0) is 10.5 Å². The van der Waals surface area contributed by atoms with Gasteiger partial charge in [0.05, 0.1) is 22.6 Å². The van der Waals surface area contributed by atoms with E-state index in [9.17, 15) is 10.1 Å². The molecule has 0 saturated heterocycles. The fraction of sp³-hybridized carbons (Fsp3) is 0.333. The van der Waals surface area contributed by atoms with Crippen molar-refractivity contribution in [1.29, 1.82) is 5.26 Å². The Morgan fingerprint density at radius 3 is 2.66 bits per heavy atom. The van der Waals surface area contributed by atoms with Gasteiger partial charge in [0.1, 0.15) is 0 Å². The molecule has 0 saturated carbocycles. The Labute approximate surface area is 180 Å². The van der Waals surface area contributed by atoms with E-state index in [1.165, 1.54) is 11.1 Å². The van der Waals surface area contributed by atoms with Crippen LogP contribution in [-0.4, -0.2) is 5.78 Å². The number of ketones is 1. The van der Waals surface area contributed by atoms with Gasteiger partial charge in [0.25, 0.3) is 0 Å². The van der Waals surface area contributed by atoms with Gasteiger partial charge in [0.2, 0.25) is 0 Å². The summed E-state index contributed by atoms with van der Waals surface area (Å²) in [6, 6.07) is 14.9. The van der Waals surface area contributed by atoms with E-state index >= 15 is 0 Å². The summed E-state index contributed by atoms with van der Waals surface area (Å²) in [5.74, 6) is 0.697. The number of carbonyl (C=O) groups excluding carboxylic acids is 1. The summed E-state index contributed by atoms with van der Waals surface area (Å²) < 4.78 is 0. The second-order valence-electron chi connectivity index (χ2n) is 8.54. The standard InChI is InChI=1S/C24H24N2OS2/c1-15-6-8-16(9-7-15)14-29-23-17(13-25)21(20-5-4-10-28-20)22-18(26-23)11-24(2,3)12-19(22)27/h4-10,21,26H,11-12,14H2,1-3H3/t21-/m0/s1. The van der Waals surface area contributed by atoms with E-state index in [1.807, 2.05) is 17.5 Å². The first kappa shape index (κ1) is 20.0. The molecule has 0 spiro atoms. The molecule has 1 atom stereocenters. The van der Waals surface area contributed by atoms with Gasteiger partial charge in [-0.2, -0.15) is 5.26 Å². The molecular formula is C24H24N2OS2. The van der Waals surface area contributed by atoms with Crippen molar-refractivity contribution in [3.8, 4) is 6.07 Å². The van der Waals surface area contributed by atoms with E-state index in [4.69, 9.17) is 0 Å². The van der Waals surface area contributed by atoms with Crippen molar-refractivity contribution in [2.45, 2.75) is 45.3 Å². The van der Waals surface area contributed by atoms with E-state index in [-0.39, 0.29) is 17.1 Å². The van der Waals surface area contributed by atoms with Crippen molar-refractivity contribution >= 4 is 28.9 Å². The van der Waals surface area contributed by atoms with E-state index < -0.39 is 0 Å². The summed E-state index contributed by atoms with van der Waals surface area (Å²) in [6.45, 7) is 6.36. The molecule has 5 heteroatoms. The summed E-state index contributed by atoms with van der Waals surface area (Å²) in [6.07, 6.45) is 1.35. The van der Waals surface area contributed by atoms with E-state index in [2.05, 4.69) is 56.4 Å². The van der Waals surface area contributed by atoms with Crippen LogP contribution in [0.1, 0.15) is 48.6 Å². The molecule has 4 rings (SSSR count). The number of allylic oxidation sites excluding steroid dienone is 3. The first-order chi connectivity index (χ1) is 13.9. The number of Topliss-reactive ketones (excluding diaryl/α,β-unsaturated/α-hetero) is 1. The quantitative estimate of drug-likeness (QED) is 0.654. The van der Waals surface area contributed by atoms with Gasteiger partial charge in [-0.25, -0.2) is 0 Å². The molecule has 1 aliphatic carbocycles. The Morgan fingerprint density at radius 1 is 1.24 bits per heavy atom. The minimum atomic E-state index is -0.250. The third kappa shape index (κ3) is 4.05. The van der Waals surface area contributed by atoms with Crippen molar-refractivity contribution in [1.82, 2.24) is 5.32 Å². The second kappa shape index (κ2) is 7.85. The summed E-state index contributed by atoms with van der Waals surface area (Å²) in [5, 5.41) is 16.5. The van der Waals surface area contributed by atoms with Crippen LogP contribution in [0.25, 0.3) is 0 Å². The van der Waals surface area contributed by atoms with Gasteiger partial charge in [0.15, 0.2) is 5.78 Å². The number of benzene rings is 1. The number of nitrogens with zero attached hydrogens (tertiary/aromatic N) is 1. The number of nitrogens with one attached hydrogen (secondary N) is 1. The van der Waals surface area contributed by atoms with E-state index in [1.54, 1.807) is 23.1 Å². The SMILES string of the molecule is Cc1ccc(CSC2=C(C#N)[C@@H](c3cccs3)C3=C(CC(C)(C)CC3=O)N2)cc1. The van der Waals surface area contributed by atoms with Crippen LogP contribution >= 0.6 is 23.1 Å². The zero-order valence-electron chi connectivity index (χ0n) is 16.9. The van der Waals surface area contributed by atoms with Crippen LogP contribution in [0, 0.1) is 23.7 Å². The highest BCUT2D eigenvalue weighted by Gasteiger charge is 2.42. The summed E-state index contributed by atoms with van der Waals surface area (Å²) >= 11 is 3.27. The number of thiophene rings is 1. The molecule has 2 heterocycles. The van der Waals surface area contributed by atoms with Gasteiger partial charge in [-0.15, -0.1) is 23.1 Å². The number of carbonyl (C=O) groups is 1. The van der Waals surface area contributed by atoms with Gasteiger partial charge >= 0.3 is 0 Å². The summed E-state index contributed by atoms with van der Waals surface area (Å²) in [7, 11) is 0. The maximum Gasteiger partial charge on any atom is 0.162 e. The molecule has 3 nitrogen and oxygen atoms in total. The molecular weight excluding hydrogens is 396 g/mol. The first-order valence-corrected chi connectivity index (χ1v) is 11.6. The molecule has 2 aromatic rings. The maximum absolute atomic E-state index is 13.1. The van der Waals surface area contributed by atoms with Gasteiger partial charge in [-0.05, 0) is 35.8 Å². The maximum atomic E-state index is 13.1. The minimum absolute atomic E-state index is 0.0696. The summed E-state index contributed by atoms with van der Waals surface area (Å²) in [5.41, 5.74) is 4.84. The Kier molecular flexibility index (Phi) is 5.42. The molecule has 0 unspecified atom stereocenters. The number of nitriles is 1. The highest BCUT2D eigenvalue weighted by atomic mass is 32.2. The molecule has 29 heavy (non-hydrogen) atoms. The fourth-order valence-corrected chi connectivity index (χ4v) is 5.93. The number of rotatable bonds is 4. The minimum Gasteiger partial charge on any atom is -0.352 e. The summed E-state index contributed by atoms with van der Waals surface area (Å²) in [4.78, 5) is 14.2. The Morgan fingerprint density at radius 2 is 2.00 bits per heavy atom. The predicted molar refractivity (Wildman–Crippen MR) is 120 cm³/mol. The van der Waals surface area contributed by atoms with Crippen molar-refractivity contribution in [3.05, 3.63) is 79.7 Å². The number of hydrogen-bond donors (Lipinski definition) is 1. The molecule has 1 aliphatic heterocycles. The number of aryl methyl sites for hydroxylation is 1. The normalized spacial score (nSPS) is 20.9. The van der Waals surface area contributed by atoms with Crippen molar-refractivity contribution < 1.29 is 4.79 Å². The molecule has 1 aromatic carbocycles. The molecule has 1 aromatic heterocycles. The third-order valence-electron chi connectivity index (χ3n) is 5.46. The lowest BCUT2D eigenvalue weighted by atomic mass is 9.70. The first-order valence-electron chi connectivity index (χ1n) is 9.77. The number of hydrogen-bond acceptors (Lipinski definition) is 5. The Bertz CT molecular complexity index is 1040. The van der Waals surface area contributed by atoms with Gasteiger partial charge in [-0.3, -0.25) is 4.79 Å². The smallest absolute Gasteiger partial charge is 0.162 e. The van der Waals surface area contributed by atoms with Crippen LogP contribution in [0.5, 0.6) is 0 Å². The molecule has 1 N–H and O–H groups in total. The van der Waals surface area contributed by atoms with Crippen LogP contribution in [0.3, 0.4) is 0 Å². The van der Waals surface area contributed by atoms with Gasteiger partial charge < -0.3 is 5.32 Å². The van der Waals surface area contributed by atoms with Crippen molar-refractivity contribution in [2.75, 3.05) is 0 Å². The highest BCUT2D eigenvalue weighted by Crippen LogP contribution is 2.48. The van der Waals surface area contributed by atoms with Crippen molar-refractivity contribution in [2.24, 2.45) is 5.41 Å². The molecule has 148 valence electrons. The Hall–Kier alpha value is -2.29. The predicted octanol–water partition coefficient (Wildman–Crippen LogP) is 6.06. The molecule has 0 amide bonds. The lowest BCUT2D eigenvalue weighted by molar-refractivity contribution is -0.118. The second-order valence-corrected chi connectivity index (χ2v) is 10.5. The van der Waals surface area contributed by atoms with Gasteiger partial charge in [0, 0.05) is 28.3 Å². The monoisotopic (exact) mass is 420 g/mol. The topological polar surface area (TPSA) is 52.9 Å². The van der Waals surface area contributed by atoms with Crippen LogP contribution in [0.15, 0.2) is 63.7 Å². The van der Waals surface area contributed by atoms with Crippen LogP contribution < -0.4 is 5.32 Å². The lowest BCUT2D eigenvalue weighted by Crippen LogP contribution is -2.36. The number of thioether (sulfide) groups is 1. The molecule has 2 aliphatic rings. The van der Waals surface area contributed by atoms with Gasteiger partial charge in [-0.1, -0.05) is 49.7 Å². The zero-order chi connectivity index (χ0) is 20.6. The fourth-order valence-electron chi connectivity index (χ4n) is 4.07. The Balaban J connectivity index is 1.72. The van der Waals surface area contributed by atoms with Crippen LogP contribution in [0.4, 0.5) is 0 Å². The number of dihydropyridines is 1. The van der Waals surface area contributed by atoms with Crippen LogP contribution in [0.2, 0.25) is 0 Å². The average molecular weight is 421 g/mol. The zero-order valence-corrected chi connectivity index (χ0v) is 18.5. The average Bonchev–Trinajstić information content (AvgIpc) is 3.19. The van der Waals surface area contributed by atoms with E-state index in [0.717, 1.165) is 33.4 Å². The molecule has 0 fully saturated rings. The highest BCUT2D eigenvalue weighted by molar-refractivity contribution is 8.02.